The summed E-state index contributed by atoms with van der Waals surface area (Å²) in [6.45, 7) is 3.57. The van der Waals surface area contributed by atoms with Crippen LogP contribution >= 0.6 is 0 Å². The predicted molar refractivity (Wildman–Crippen MR) is 67.5 cm³/mol. The number of rotatable bonds is 3. The molecule has 2 rings (SSSR count). The lowest BCUT2D eigenvalue weighted by Gasteiger charge is -2.37. The molecule has 1 saturated heterocycles. The highest BCUT2D eigenvalue weighted by Crippen LogP contribution is 2.21. The van der Waals surface area contributed by atoms with Gasteiger partial charge in [-0.05, 0) is 19.1 Å². The van der Waals surface area contributed by atoms with Gasteiger partial charge in [-0.3, -0.25) is 4.90 Å². The highest BCUT2D eigenvalue weighted by Gasteiger charge is 2.26. The van der Waals surface area contributed by atoms with Gasteiger partial charge in [-0.2, -0.15) is 0 Å². The maximum atomic E-state index is 13.7. The zero-order valence-corrected chi connectivity index (χ0v) is 10.5. The summed E-state index contributed by atoms with van der Waals surface area (Å²) in [5.41, 5.74) is 6.79. The Balaban J connectivity index is 2.12. The van der Waals surface area contributed by atoms with Gasteiger partial charge in [0.25, 0.3) is 0 Å². The Labute approximate surface area is 106 Å². The first-order valence-electron chi connectivity index (χ1n) is 6.11. The molecule has 18 heavy (non-hydrogen) atoms. The number of ether oxygens (including phenoxy) is 1. The van der Waals surface area contributed by atoms with Crippen molar-refractivity contribution in [3.8, 4) is 0 Å². The van der Waals surface area contributed by atoms with Gasteiger partial charge in [0.1, 0.15) is 5.82 Å². The van der Waals surface area contributed by atoms with Crippen molar-refractivity contribution in [3.63, 3.8) is 0 Å². The summed E-state index contributed by atoms with van der Waals surface area (Å²) in [6, 6.07) is 4.91. The topological polar surface area (TPSA) is 58.7 Å². The van der Waals surface area contributed by atoms with E-state index in [1.807, 2.05) is 6.92 Å². The van der Waals surface area contributed by atoms with E-state index in [4.69, 9.17) is 15.6 Å². The third-order valence-corrected chi connectivity index (χ3v) is 3.35. The third kappa shape index (κ3) is 2.80. The van der Waals surface area contributed by atoms with E-state index in [0.29, 0.717) is 30.9 Å². The molecule has 0 aromatic heterocycles. The van der Waals surface area contributed by atoms with Crippen LogP contribution in [0.15, 0.2) is 18.2 Å². The quantitative estimate of drug-likeness (QED) is 0.790. The maximum absolute atomic E-state index is 13.7. The van der Waals surface area contributed by atoms with E-state index in [-0.39, 0.29) is 24.6 Å². The van der Waals surface area contributed by atoms with Crippen LogP contribution in [0.3, 0.4) is 0 Å². The molecule has 2 unspecified atom stereocenters. The molecule has 2 atom stereocenters. The zero-order valence-electron chi connectivity index (χ0n) is 10.5. The molecular formula is C13H19FN2O2. The molecule has 0 saturated carbocycles. The number of nitrogen functional groups attached to an aromatic ring is 1. The van der Waals surface area contributed by atoms with E-state index >= 15 is 0 Å². The Morgan fingerprint density at radius 3 is 3.00 bits per heavy atom. The van der Waals surface area contributed by atoms with E-state index in [0.717, 1.165) is 0 Å². The van der Waals surface area contributed by atoms with Crippen molar-refractivity contribution in [2.75, 3.05) is 25.5 Å². The summed E-state index contributed by atoms with van der Waals surface area (Å²) in [6.07, 6.45) is -0.200. The van der Waals surface area contributed by atoms with Crippen LogP contribution in [0.5, 0.6) is 0 Å². The highest BCUT2D eigenvalue weighted by molar-refractivity contribution is 5.47. The monoisotopic (exact) mass is 254 g/mol. The van der Waals surface area contributed by atoms with Gasteiger partial charge in [0.2, 0.25) is 0 Å². The van der Waals surface area contributed by atoms with Crippen LogP contribution in [-0.4, -0.2) is 41.9 Å². The lowest BCUT2D eigenvalue weighted by atomic mass is 10.1. The molecule has 100 valence electrons. The van der Waals surface area contributed by atoms with E-state index < -0.39 is 0 Å². The molecule has 1 heterocycles. The molecular weight excluding hydrogens is 235 g/mol. The van der Waals surface area contributed by atoms with Crippen molar-refractivity contribution in [2.24, 2.45) is 0 Å². The molecule has 1 aromatic carbocycles. The number of aliphatic hydroxyl groups is 1. The summed E-state index contributed by atoms with van der Waals surface area (Å²) in [4.78, 5) is 2.08. The Hall–Kier alpha value is -1.17. The van der Waals surface area contributed by atoms with Crippen LogP contribution in [-0.2, 0) is 11.3 Å². The standard InChI is InChI=1S/C13H19FN2O2/c1-9-8-18-10(7-17)5-16(9)6-11-12(14)3-2-4-13(11)15/h2-4,9-10,17H,5-8,15H2,1H3. The second-order valence-corrected chi connectivity index (χ2v) is 4.72. The van der Waals surface area contributed by atoms with E-state index in [1.54, 1.807) is 12.1 Å². The van der Waals surface area contributed by atoms with Crippen molar-refractivity contribution >= 4 is 5.69 Å². The molecule has 0 amide bonds. The Kier molecular flexibility index (Phi) is 4.16. The van der Waals surface area contributed by atoms with Gasteiger partial charge in [0.15, 0.2) is 0 Å². The fourth-order valence-electron chi connectivity index (χ4n) is 2.15. The second kappa shape index (κ2) is 5.65. The molecule has 5 heteroatoms. The van der Waals surface area contributed by atoms with Gasteiger partial charge in [0.05, 0.1) is 19.3 Å². The van der Waals surface area contributed by atoms with Gasteiger partial charge >= 0.3 is 0 Å². The average Bonchev–Trinajstić information content (AvgIpc) is 2.36. The predicted octanol–water partition coefficient (Wildman–Crippen LogP) is 0.989. The number of anilines is 1. The normalized spacial score (nSPS) is 25.3. The molecule has 0 spiro atoms. The first-order chi connectivity index (χ1) is 8.61. The van der Waals surface area contributed by atoms with Crippen molar-refractivity contribution in [1.82, 2.24) is 4.90 Å². The minimum absolute atomic E-state index is 0.0179. The largest absolute Gasteiger partial charge is 0.398 e. The smallest absolute Gasteiger partial charge is 0.129 e. The van der Waals surface area contributed by atoms with E-state index in [2.05, 4.69) is 4.90 Å². The number of benzene rings is 1. The van der Waals surface area contributed by atoms with Gasteiger partial charge in [-0.1, -0.05) is 6.07 Å². The summed E-state index contributed by atoms with van der Waals surface area (Å²) < 4.78 is 19.2. The molecule has 4 nitrogen and oxygen atoms in total. The first kappa shape index (κ1) is 13.3. The molecule has 0 aliphatic carbocycles. The number of morpholine rings is 1. The van der Waals surface area contributed by atoms with Crippen LogP contribution in [0.1, 0.15) is 12.5 Å². The minimum atomic E-state index is -0.283. The Morgan fingerprint density at radius 1 is 1.56 bits per heavy atom. The first-order valence-corrected chi connectivity index (χ1v) is 6.11. The molecule has 1 fully saturated rings. The maximum Gasteiger partial charge on any atom is 0.129 e. The Morgan fingerprint density at radius 2 is 2.33 bits per heavy atom. The van der Waals surface area contributed by atoms with Crippen LogP contribution in [0.2, 0.25) is 0 Å². The number of hydrogen-bond acceptors (Lipinski definition) is 4. The number of hydrogen-bond donors (Lipinski definition) is 2. The summed E-state index contributed by atoms with van der Waals surface area (Å²) >= 11 is 0. The fourth-order valence-corrected chi connectivity index (χ4v) is 2.15. The van der Waals surface area contributed by atoms with Gasteiger partial charge in [-0.25, -0.2) is 4.39 Å². The SMILES string of the molecule is CC1COC(CO)CN1Cc1c(N)cccc1F. The van der Waals surface area contributed by atoms with Crippen LogP contribution < -0.4 is 5.73 Å². The molecule has 0 bridgehead atoms. The summed E-state index contributed by atoms with van der Waals surface area (Å²) in [7, 11) is 0. The zero-order chi connectivity index (χ0) is 13.1. The summed E-state index contributed by atoms with van der Waals surface area (Å²) in [5.74, 6) is -0.283. The summed E-state index contributed by atoms with van der Waals surface area (Å²) in [5, 5.41) is 9.12. The Bertz CT molecular complexity index is 394. The highest BCUT2D eigenvalue weighted by atomic mass is 19.1. The molecule has 1 aromatic rings. The molecule has 1 aliphatic rings. The van der Waals surface area contributed by atoms with Crippen LogP contribution in [0.4, 0.5) is 10.1 Å². The molecule has 0 radical (unpaired) electrons. The third-order valence-electron chi connectivity index (χ3n) is 3.35. The van der Waals surface area contributed by atoms with Gasteiger partial charge in [-0.15, -0.1) is 0 Å². The van der Waals surface area contributed by atoms with Crippen molar-refractivity contribution in [2.45, 2.75) is 25.6 Å². The number of aliphatic hydroxyl groups excluding tert-OH is 1. The lowest BCUT2D eigenvalue weighted by molar-refractivity contribution is -0.0807. The van der Waals surface area contributed by atoms with Crippen LogP contribution in [0, 0.1) is 5.82 Å². The minimum Gasteiger partial charge on any atom is -0.398 e. The number of nitrogens with zero attached hydrogens (tertiary/aromatic N) is 1. The van der Waals surface area contributed by atoms with Crippen molar-refractivity contribution in [1.29, 1.82) is 0 Å². The molecule has 3 N–H and O–H groups in total. The van der Waals surface area contributed by atoms with Crippen molar-refractivity contribution in [3.05, 3.63) is 29.6 Å². The second-order valence-electron chi connectivity index (χ2n) is 4.72. The lowest BCUT2D eigenvalue weighted by Crippen LogP contribution is -2.49. The van der Waals surface area contributed by atoms with Crippen molar-refractivity contribution < 1.29 is 14.2 Å². The van der Waals surface area contributed by atoms with E-state index in [1.165, 1.54) is 6.07 Å². The van der Waals surface area contributed by atoms with Gasteiger partial charge < -0.3 is 15.6 Å². The number of nitrogens with two attached hydrogens (primary N) is 1. The van der Waals surface area contributed by atoms with E-state index in [9.17, 15) is 4.39 Å². The van der Waals surface area contributed by atoms with Gasteiger partial charge in [0, 0.05) is 30.4 Å². The fraction of sp³-hybridized carbons (Fsp3) is 0.538. The number of halogens is 1. The van der Waals surface area contributed by atoms with Crippen LogP contribution in [0.25, 0.3) is 0 Å². The molecule has 1 aliphatic heterocycles. The average molecular weight is 254 g/mol.